The highest BCUT2D eigenvalue weighted by Crippen LogP contribution is 2.49. The predicted octanol–water partition coefficient (Wildman–Crippen LogP) is 24.3. The molecule has 0 unspecified atom stereocenters. The van der Waals surface area contributed by atoms with Crippen molar-refractivity contribution in [2.45, 2.75) is 34.0 Å². The molecule has 696 valence electrons. The van der Waals surface area contributed by atoms with Crippen LogP contribution in [0.4, 0.5) is 0 Å². The molecule has 0 aliphatic rings. The highest BCUT2D eigenvalue weighted by molar-refractivity contribution is 9.14. The molecule has 0 aliphatic carbocycles. The maximum atomic E-state index is 13.3. The first-order valence-corrected chi connectivity index (χ1v) is 46.2. The Balaban J connectivity index is 0.000000389. The van der Waals surface area contributed by atoms with Gasteiger partial charge in [-0.25, -0.2) is 4.79 Å². The number of benzene rings is 10. The normalized spacial score (nSPS) is 10.0. The van der Waals surface area contributed by atoms with E-state index in [1.807, 2.05) is 19.1 Å². The number of carbonyl (C=O) groups is 7. The molecule has 0 saturated heterocycles. The number of aliphatic hydroxyl groups is 2. The standard InChI is InChI=1S/2C18H17Br3O5.C9H8Br2O4.C9H8Br2O3.C9H9BrO3.C9H11BrO2.C8H7BrO3.C8H8O3/c2*1-8-5-9(7-22)17(25-3)14(20)12(8)16(23)10-6-11(24-2)18(26-4)15(21)13(10)19;1-14-5-3-4(9(12)13)6(10)7(11)8(5)15-2;1-13-6-3-5(4-12)7(10)8(11)9(6)14-2;1-12-8-4-6(5-11)3-7(10)9(8)13-2;1-6-4-7(10)9(12-3)8(5-6)11-2;1-12-7-3-5(4-10)2-6(9)8(7)11;1-11-8-4-6(5-9)2-3-7(8)10/h2*5-6,22H,7H2,1-4H3;3H,1-2H3,(H,12,13);3-4H,1-2H3;3-5H,1-2H3;4-5H,1-3H3;2-4,11H,1H3;2-5,10H,1H3. The lowest BCUT2D eigenvalue weighted by atomic mass is 9.96. The number of carboxylic acids is 1. The second-order valence-corrected chi connectivity index (χ2v) is 35.3. The highest BCUT2D eigenvalue weighted by atomic mass is 79.9. The van der Waals surface area contributed by atoms with Gasteiger partial charge < -0.3 is 101 Å². The van der Waals surface area contributed by atoms with Crippen molar-refractivity contribution in [3.05, 3.63) is 227 Å². The number of ether oxygens (including phenoxy) is 16. The number of carboxylic acid groups (broad SMARTS) is 1. The quantitative estimate of drug-likeness (QED) is 0.0236. The third-order valence-corrected chi connectivity index (χ3v) is 29.0. The van der Waals surface area contributed by atoms with Crippen LogP contribution >= 0.6 is 207 Å². The number of carbonyl (C=O) groups excluding carboxylic acids is 6. The molecule has 0 bridgehead atoms. The number of hydrogen-bond acceptors (Lipinski definition) is 27. The fourth-order valence-electron chi connectivity index (χ4n) is 11.1. The van der Waals surface area contributed by atoms with Gasteiger partial charge in [-0.2, -0.15) is 0 Å². The number of methoxy groups -OCH3 is 16. The van der Waals surface area contributed by atoms with Crippen LogP contribution in [0, 0.1) is 20.8 Å². The number of aldehydes is 4. The number of aliphatic hydroxyl groups excluding tert-OH is 2. The summed E-state index contributed by atoms with van der Waals surface area (Å²) in [5.41, 5.74) is 7.55. The molecular weight excluding hydrogens is 2540 g/mol. The molecule has 0 fully saturated rings. The van der Waals surface area contributed by atoms with Crippen LogP contribution in [0.15, 0.2) is 149 Å². The van der Waals surface area contributed by atoms with Crippen molar-refractivity contribution in [3.8, 4) is 103 Å². The first kappa shape index (κ1) is 115. The van der Waals surface area contributed by atoms with Gasteiger partial charge in [-0.1, -0.05) is 0 Å². The molecule has 129 heavy (non-hydrogen) atoms. The van der Waals surface area contributed by atoms with E-state index in [9.17, 15) is 48.9 Å². The van der Waals surface area contributed by atoms with Crippen molar-refractivity contribution in [1.82, 2.24) is 0 Å². The molecule has 0 saturated carbocycles. The summed E-state index contributed by atoms with van der Waals surface area (Å²) in [6.45, 7) is 5.23. The number of halogens is 13. The SMILES string of the molecule is COc1cc(C(=O)O)c(Br)c(Br)c1OC.COc1cc(C(=O)c2c(C)cc(CO)c(OC)c2Br)c(Br)c(Br)c1OC.COc1cc(C(=O)c2c(C)cc(CO)c(OC)c2Br)c(Br)c(Br)c1OC.COc1cc(C)cc(Br)c1OC.COc1cc(C=O)c(Br)c(Br)c1OC.COc1cc(C=O)cc(Br)c1O.COc1cc(C=O)cc(Br)c1OC.COc1cc(C=O)ccc1O. The summed E-state index contributed by atoms with van der Waals surface area (Å²) in [5.74, 6) is 6.35. The molecule has 0 amide bonds. The number of aryl methyl sites for hydroxylation is 3. The van der Waals surface area contributed by atoms with Gasteiger partial charge in [-0.3, -0.25) is 28.8 Å². The molecule has 0 atom stereocenters. The van der Waals surface area contributed by atoms with E-state index in [0.717, 1.165) is 34.1 Å². The molecule has 0 aliphatic heterocycles. The summed E-state index contributed by atoms with van der Waals surface area (Å²) in [6, 6.07) is 24.3. The maximum absolute atomic E-state index is 13.3. The Bertz CT molecular complexity index is 5510. The van der Waals surface area contributed by atoms with Crippen molar-refractivity contribution in [2.75, 3.05) is 114 Å². The van der Waals surface area contributed by atoms with Gasteiger partial charge in [0.05, 0.1) is 177 Å². The van der Waals surface area contributed by atoms with Crippen LogP contribution < -0.4 is 75.8 Å². The van der Waals surface area contributed by atoms with Gasteiger partial charge in [-0.15, -0.1) is 0 Å². The lowest BCUT2D eigenvalue weighted by Crippen LogP contribution is -2.09. The van der Waals surface area contributed by atoms with E-state index >= 15 is 0 Å². The number of ketones is 2. The van der Waals surface area contributed by atoms with Crippen LogP contribution in [0.1, 0.15) is 111 Å². The summed E-state index contributed by atoms with van der Waals surface area (Å²) < 4.78 is 90.0. The third-order valence-electron chi connectivity index (χ3n) is 17.2. The second-order valence-electron chi connectivity index (χ2n) is 24.8. The number of aromatic hydroxyl groups is 2. The number of phenolic OH excluding ortho intramolecular Hbond substituents is 2. The number of hydrogen-bond donors (Lipinski definition) is 5. The molecule has 10 aromatic rings. The van der Waals surface area contributed by atoms with Crippen LogP contribution in [0.5, 0.6) is 103 Å². The summed E-state index contributed by atoms with van der Waals surface area (Å²) in [6.07, 6.45) is 2.89. The molecule has 0 spiro atoms. The Kier molecular flexibility index (Phi) is 51.0. The molecule has 41 heteroatoms. The average molecular weight is 2630 g/mol. The Morgan fingerprint density at radius 2 is 0.597 bits per heavy atom. The topological polar surface area (TPSA) is 368 Å². The molecule has 5 N–H and O–H groups in total. The third kappa shape index (κ3) is 29.9. The Morgan fingerprint density at radius 1 is 0.295 bits per heavy atom. The zero-order valence-corrected chi connectivity index (χ0v) is 92.5. The molecule has 0 heterocycles. The van der Waals surface area contributed by atoms with E-state index in [2.05, 4.69) is 207 Å². The van der Waals surface area contributed by atoms with Gasteiger partial charge in [0.1, 0.15) is 30.4 Å². The first-order chi connectivity index (χ1) is 61.2. The molecule has 0 radical (unpaired) electrons. The molecule has 0 aromatic heterocycles. The number of rotatable bonds is 27. The molecular formula is C88H85Br13O28. The summed E-state index contributed by atoms with van der Waals surface area (Å²) in [7, 11) is 24.2. The minimum Gasteiger partial charge on any atom is -0.504 e. The fourth-order valence-corrected chi connectivity index (χ4v) is 18.8. The lowest BCUT2D eigenvalue weighted by Gasteiger charge is -2.18. The summed E-state index contributed by atoms with van der Waals surface area (Å²) in [4.78, 5) is 79.3. The molecule has 10 aromatic carbocycles. The fraction of sp³-hybridized carbons (Fsp3) is 0.239. The highest BCUT2D eigenvalue weighted by Gasteiger charge is 2.30. The molecule has 10 rings (SSSR count). The van der Waals surface area contributed by atoms with Gasteiger partial charge in [0.25, 0.3) is 0 Å². The average Bonchev–Trinajstić information content (AvgIpc) is 0.770. The van der Waals surface area contributed by atoms with Gasteiger partial charge in [0, 0.05) is 69.1 Å². The molecule has 28 nitrogen and oxygen atoms in total. The van der Waals surface area contributed by atoms with Crippen molar-refractivity contribution in [1.29, 1.82) is 0 Å². The minimum absolute atomic E-state index is 0.00287. The van der Waals surface area contributed by atoms with E-state index in [1.165, 1.54) is 129 Å². The maximum Gasteiger partial charge on any atom is 0.337 e. The minimum atomic E-state index is -1.04. The predicted molar refractivity (Wildman–Crippen MR) is 534 cm³/mol. The zero-order valence-electron chi connectivity index (χ0n) is 71.9. The van der Waals surface area contributed by atoms with E-state index in [4.69, 9.17) is 86.0 Å². The first-order valence-electron chi connectivity index (χ1n) is 35.9. The summed E-state index contributed by atoms with van der Waals surface area (Å²) >= 11 is 43.4. The lowest BCUT2D eigenvalue weighted by molar-refractivity contribution is 0.0694. The van der Waals surface area contributed by atoms with E-state index in [0.29, 0.717) is 208 Å². The van der Waals surface area contributed by atoms with Gasteiger partial charge in [-0.05, 0) is 336 Å². The van der Waals surface area contributed by atoms with Crippen LogP contribution in [-0.2, 0) is 13.2 Å². The van der Waals surface area contributed by atoms with Crippen LogP contribution in [0.2, 0.25) is 0 Å². The summed E-state index contributed by atoms with van der Waals surface area (Å²) in [5, 5.41) is 46.4. The van der Waals surface area contributed by atoms with E-state index in [-0.39, 0.29) is 47.6 Å². The smallest absolute Gasteiger partial charge is 0.337 e. The van der Waals surface area contributed by atoms with Gasteiger partial charge in [0.15, 0.2) is 110 Å². The monoisotopic (exact) mass is 2620 g/mol. The number of aromatic carboxylic acids is 1. The van der Waals surface area contributed by atoms with Gasteiger partial charge >= 0.3 is 5.97 Å². The van der Waals surface area contributed by atoms with Crippen LogP contribution in [0.25, 0.3) is 0 Å². The van der Waals surface area contributed by atoms with E-state index in [1.54, 1.807) is 77.6 Å². The largest absolute Gasteiger partial charge is 0.504 e. The van der Waals surface area contributed by atoms with Gasteiger partial charge in [0.2, 0.25) is 0 Å². The Labute approximate surface area is 853 Å². The zero-order chi connectivity index (χ0) is 97.9. The Morgan fingerprint density at radius 3 is 0.930 bits per heavy atom. The Hall–Kier alpha value is -7.75. The van der Waals surface area contributed by atoms with E-state index < -0.39 is 5.97 Å². The van der Waals surface area contributed by atoms with Crippen molar-refractivity contribution in [2.24, 2.45) is 0 Å². The van der Waals surface area contributed by atoms with Crippen molar-refractivity contribution < 1.29 is 135 Å². The van der Waals surface area contributed by atoms with Crippen molar-refractivity contribution in [3.63, 3.8) is 0 Å². The van der Waals surface area contributed by atoms with Crippen LogP contribution in [-0.4, -0.2) is 182 Å². The number of phenols is 2. The second kappa shape index (κ2) is 57.0. The van der Waals surface area contributed by atoms with Crippen LogP contribution in [0.3, 0.4) is 0 Å². The van der Waals surface area contributed by atoms with Crippen molar-refractivity contribution >= 4 is 250 Å².